The van der Waals surface area contributed by atoms with Crippen molar-refractivity contribution in [3.8, 4) is 0 Å². The van der Waals surface area contributed by atoms with Crippen LogP contribution in [0, 0.1) is 0 Å². The largest absolute Gasteiger partial charge is 0.223 e. The van der Waals surface area contributed by atoms with Crippen molar-refractivity contribution < 1.29 is 8.42 Å². The molecule has 0 spiro atoms. The summed E-state index contributed by atoms with van der Waals surface area (Å²) in [6.45, 7) is 2.15. The molecule has 22 heavy (non-hydrogen) atoms. The van der Waals surface area contributed by atoms with Crippen molar-refractivity contribution in [3.63, 3.8) is 0 Å². The number of hydrogen-bond donors (Lipinski definition) is 0. The minimum Gasteiger partial charge on any atom is -0.223 e. The molecule has 0 saturated carbocycles. The molecule has 0 aliphatic heterocycles. The first kappa shape index (κ1) is 17.1. The van der Waals surface area contributed by atoms with Crippen LogP contribution in [-0.4, -0.2) is 19.9 Å². The Bertz CT molecular complexity index is 652. The molecule has 4 heteroatoms. The van der Waals surface area contributed by atoms with Crippen molar-refractivity contribution in [2.45, 2.75) is 29.9 Å². The number of hydrogen-bond acceptors (Lipinski definition) is 3. The molecule has 0 aliphatic carbocycles. The van der Waals surface area contributed by atoms with Gasteiger partial charge in [-0.05, 0) is 29.9 Å². The molecule has 2 nitrogen and oxygen atoms in total. The third-order valence-electron chi connectivity index (χ3n) is 3.53. The smallest absolute Gasteiger partial charge is 0.186 e. The normalized spacial score (nSPS) is 13.0. The quantitative estimate of drug-likeness (QED) is 0.654. The van der Waals surface area contributed by atoms with Crippen molar-refractivity contribution in [1.29, 1.82) is 0 Å². The van der Waals surface area contributed by atoms with Gasteiger partial charge in [0, 0.05) is 5.75 Å². The molecule has 2 rings (SSSR count). The highest BCUT2D eigenvalue weighted by atomic mass is 32.2. The average molecular weight is 335 g/mol. The summed E-state index contributed by atoms with van der Waals surface area (Å²) in [6.07, 6.45) is 2.26. The molecule has 0 radical (unpaired) electrons. The van der Waals surface area contributed by atoms with E-state index in [9.17, 15) is 8.42 Å². The SMILES string of the molecule is CCCCSCC(c1ccccc1)S(=O)(=O)c1ccccc1. The molecular formula is C18H22O2S2. The second kappa shape index (κ2) is 8.39. The molecular weight excluding hydrogens is 312 g/mol. The molecule has 0 heterocycles. The topological polar surface area (TPSA) is 34.1 Å². The summed E-state index contributed by atoms with van der Waals surface area (Å²) in [5.41, 5.74) is 0.871. The maximum Gasteiger partial charge on any atom is 0.186 e. The summed E-state index contributed by atoms with van der Waals surface area (Å²) >= 11 is 1.72. The van der Waals surface area contributed by atoms with Crippen molar-refractivity contribution in [3.05, 3.63) is 66.2 Å². The van der Waals surface area contributed by atoms with Gasteiger partial charge in [0.25, 0.3) is 0 Å². The van der Waals surface area contributed by atoms with Crippen LogP contribution in [0.2, 0.25) is 0 Å². The van der Waals surface area contributed by atoms with E-state index in [2.05, 4.69) is 6.92 Å². The summed E-state index contributed by atoms with van der Waals surface area (Å²) in [5, 5.41) is -0.488. The van der Waals surface area contributed by atoms with Gasteiger partial charge < -0.3 is 0 Å². The second-order valence-electron chi connectivity index (χ2n) is 5.19. The summed E-state index contributed by atoms with van der Waals surface area (Å²) in [7, 11) is -3.36. The predicted molar refractivity (Wildman–Crippen MR) is 95.0 cm³/mol. The Morgan fingerprint density at radius 2 is 1.55 bits per heavy atom. The van der Waals surface area contributed by atoms with Crippen molar-refractivity contribution in [1.82, 2.24) is 0 Å². The molecule has 0 saturated heterocycles. The summed E-state index contributed by atoms with van der Waals surface area (Å²) < 4.78 is 26.0. The Kier molecular flexibility index (Phi) is 6.52. The van der Waals surface area contributed by atoms with E-state index >= 15 is 0 Å². The van der Waals surface area contributed by atoms with E-state index in [-0.39, 0.29) is 0 Å². The summed E-state index contributed by atoms with van der Waals surface area (Å²) in [5.74, 6) is 1.60. The highest BCUT2D eigenvalue weighted by molar-refractivity contribution is 8.00. The van der Waals surface area contributed by atoms with Gasteiger partial charge in [-0.25, -0.2) is 8.42 Å². The van der Waals surface area contributed by atoms with Crippen molar-refractivity contribution in [2.24, 2.45) is 0 Å². The van der Waals surface area contributed by atoms with Gasteiger partial charge in [-0.3, -0.25) is 0 Å². The molecule has 0 amide bonds. The van der Waals surface area contributed by atoms with Crippen LogP contribution >= 0.6 is 11.8 Å². The first-order valence-corrected chi connectivity index (χ1v) is 10.3. The summed E-state index contributed by atoms with van der Waals surface area (Å²) in [6, 6.07) is 18.3. The van der Waals surface area contributed by atoms with Gasteiger partial charge in [0.05, 0.1) is 10.1 Å². The number of unbranched alkanes of at least 4 members (excludes halogenated alkanes) is 1. The van der Waals surface area contributed by atoms with Crippen LogP contribution in [-0.2, 0) is 9.84 Å². The van der Waals surface area contributed by atoms with E-state index < -0.39 is 15.1 Å². The number of sulfone groups is 1. The van der Waals surface area contributed by atoms with Crippen LogP contribution in [0.15, 0.2) is 65.6 Å². The van der Waals surface area contributed by atoms with Gasteiger partial charge >= 0.3 is 0 Å². The fourth-order valence-electron chi connectivity index (χ4n) is 2.24. The van der Waals surface area contributed by atoms with E-state index in [1.54, 1.807) is 36.0 Å². The molecule has 1 unspecified atom stereocenters. The zero-order valence-corrected chi connectivity index (χ0v) is 14.4. The second-order valence-corrected chi connectivity index (χ2v) is 8.47. The standard InChI is InChI=1S/C18H22O2S2/c1-2-3-14-21-15-18(16-10-6-4-7-11-16)22(19,20)17-12-8-5-9-13-17/h4-13,18H,2-3,14-15H2,1H3. The average Bonchev–Trinajstić information content (AvgIpc) is 2.56. The highest BCUT2D eigenvalue weighted by Gasteiger charge is 2.28. The minimum absolute atomic E-state index is 0.403. The van der Waals surface area contributed by atoms with Gasteiger partial charge in [-0.2, -0.15) is 11.8 Å². The number of thioether (sulfide) groups is 1. The van der Waals surface area contributed by atoms with Gasteiger partial charge in [-0.15, -0.1) is 0 Å². The molecule has 118 valence electrons. The summed E-state index contributed by atoms with van der Waals surface area (Å²) in [4.78, 5) is 0.403. The zero-order valence-electron chi connectivity index (χ0n) is 12.8. The molecule has 2 aromatic rings. The van der Waals surface area contributed by atoms with E-state index in [0.717, 1.165) is 24.2 Å². The fourth-order valence-corrected chi connectivity index (χ4v) is 5.70. The lowest BCUT2D eigenvalue weighted by molar-refractivity contribution is 0.587. The number of rotatable bonds is 8. The van der Waals surface area contributed by atoms with Crippen molar-refractivity contribution in [2.75, 3.05) is 11.5 Å². The van der Waals surface area contributed by atoms with Gasteiger partial charge in [0.1, 0.15) is 0 Å². The first-order valence-electron chi connectivity index (χ1n) is 7.58. The van der Waals surface area contributed by atoms with E-state index in [1.165, 1.54) is 0 Å². The molecule has 1 atom stereocenters. The third-order valence-corrected chi connectivity index (χ3v) is 7.00. The van der Waals surface area contributed by atoms with E-state index in [0.29, 0.717) is 10.6 Å². The van der Waals surface area contributed by atoms with Crippen LogP contribution in [0.1, 0.15) is 30.6 Å². The Morgan fingerprint density at radius 3 is 2.14 bits per heavy atom. The van der Waals surface area contributed by atoms with Gasteiger partial charge in [-0.1, -0.05) is 61.9 Å². The van der Waals surface area contributed by atoms with Crippen LogP contribution in [0.25, 0.3) is 0 Å². The minimum atomic E-state index is -3.36. The maximum atomic E-state index is 13.0. The molecule has 0 N–H and O–H groups in total. The third kappa shape index (κ3) is 4.37. The Morgan fingerprint density at radius 1 is 0.955 bits per heavy atom. The molecule has 0 fully saturated rings. The maximum absolute atomic E-state index is 13.0. The van der Waals surface area contributed by atoms with Crippen LogP contribution in [0.4, 0.5) is 0 Å². The Labute approximate surface area is 137 Å². The first-order chi connectivity index (χ1) is 10.7. The lowest BCUT2D eigenvalue weighted by Crippen LogP contribution is -2.16. The molecule has 0 aliphatic rings. The monoisotopic (exact) mass is 334 g/mol. The van der Waals surface area contributed by atoms with Crippen LogP contribution in [0.5, 0.6) is 0 Å². The molecule has 0 aromatic heterocycles. The van der Waals surface area contributed by atoms with Crippen molar-refractivity contribution >= 4 is 21.6 Å². The predicted octanol–water partition coefficient (Wildman–Crippen LogP) is 4.73. The van der Waals surface area contributed by atoms with Crippen LogP contribution in [0.3, 0.4) is 0 Å². The van der Waals surface area contributed by atoms with Gasteiger partial charge in [0.2, 0.25) is 0 Å². The molecule has 2 aromatic carbocycles. The Balaban J connectivity index is 2.28. The Hall–Kier alpha value is -1.26. The van der Waals surface area contributed by atoms with Crippen LogP contribution < -0.4 is 0 Å². The molecule has 0 bridgehead atoms. The lowest BCUT2D eigenvalue weighted by atomic mass is 10.2. The highest BCUT2D eigenvalue weighted by Crippen LogP contribution is 2.32. The fraction of sp³-hybridized carbons (Fsp3) is 0.333. The number of benzene rings is 2. The van der Waals surface area contributed by atoms with E-state index in [1.807, 2.05) is 36.4 Å². The zero-order chi connectivity index (χ0) is 15.8. The van der Waals surface area contributed by atoms with E-state index in [4.69, 9.17) is 0 Å². The van der Waals surface area contributed by atoms with Gasteiger partial charge in [0.15, 0.2) is 9.84 Å². The lowest BCUT2D eigenvalue weighted by Gasteiger charge is -2.18.